The second-order valence-electron chi connectivity index (χ2n) is 5.70. The number of sulfonamides is 1. The van der Waals surface area contributed by atoms with Crippen LogP contribution in [0.1, 0.15) is 12.8 Å². The third kappa shape index (κ3) is 4.20. The Hall–Kier alpha value is -1.61. The SMILES string of the molecule is COc1nccc(OC2CCCN(S(=O)(=O)c3cc(Cl)ccc3Cl)C2)n1. The van der Waals surface area contributed by atoms with Crippen LogP contribution in [-0.2, 0) is 10.0 Å². The van der Waals surface area contributed by atoms with Gasteiger partial charge in [0, 0.05) is 23.8 Å². The first-order valence-electron chi connectivity index (χ1n) is 7.89. The molecule has 3 rings (SSSR count). The van der Waals surface area contributed by atoms with Crippen LogP contribution >= 0.6 is 23.2 Å². The number of hydrogen-bond donors (Lipinski definition) is 0. The van der Waals surface area contributed by atoms with Crippen molar-refractivity contribution in [3.8, 4) is 11.9 Å². The number of hydrogen-bond acceptors (Lipinski definition) is 6. The van der Waals surface area contributed by atoms with Gasteiger partial charge in [0.1, 0.15) is 11.0 Å². The largest absolute Gasteiger partial charge is 0.473 e. The number of rotatable bonds is 5. The molecule has 2 heterocycles. The molecule has 0 spiro atoms. The van der Waals surface area contributed by atoms with E-state index in [1.807, 2.05) is 0 Å². The number of halogens is 2. The van der Waals surface area contributed by atoms with E-state index in [1.54, 1.807) is 12.1 Å². The molecule has 7 nitrogen and oxygen atoms in total. The van der Waals surface area contributed by atoms with Crippen molar-refractivity contribution < 1.29 is 17.9 Å². The predicted octanol–water partition coefficient (Wildman–Crippen LogP) is 3.02. The van der Waals surface area contributed by atoms with Gasteiger partial charge in [-0.05, 0) is 31.0 Å². The molecule has 0 saturated carbocycles. The average Bonchev–Trinajstić information content (AvgIpc) is 2.64. The molecule has 10 heteroatoms. The summed E-state index contributed by atoms with van der Waals surface area (Å²) < 4.78 is 38.0. The second-order valence-corrected chi connectivity index (χ2v) is 8.45. The van der Waals surface area contributed by atoms with E-state index in [0.29, 0.717) is 30.3 Å². The van der Waals surface area contributed by atoms with Gasteiger partial charge in [0.25, 0.3) is 0 Å². The van der Waals surface area contributed by atoms with Crippen LogP contribution in [0.5, 0.6) is 11.9 Å². The highest BCUT2D eigenvalue weighted by atomic mass is 35.5. The summed E-state index contributed by atoms with van der Waals surface area (Å²) in [6, 6.07) is 6.17. The zero-order chi connectivity index (χ0) is 18.7. The van der Waals surface area contributed by atoms with Crippen LogP contribution in [0, 0.1) is 0 Å². The van der Waals surface area contributed by atoms with Gasteiger partial charge in [0.15, 0.2) is 0 Å². The molecule has 26 heavy (non-hydrogen) atoms. The lowest BCUT2D eigenvalue weighted by Crippen LogP contribution is -2.44. The van der Waals surface area contributed by atoms with Gasteiger partial charge in [-0.2, -0.15) is 9.29 Å². The maximum Gasteiger partial charge on any atom is 0.319 e. The number of methoxy groups -OCH3 is 1. The van der Waals surface area contributed by atoms with E-state index in [4.69, 9.17) is 32.7 Å². The smallest absolute Gasteiger partial charge is 0.319 e. The van der Waals surface area contributed by atoms with Crippen molar-refractivity contribution in [3.05, 3.63) is 40.5 Å². The molecule has 1 aromatic heterocycles. The van der Waals surface area contributed by atoms with Crippen LogP contribution in [0.15, 0.2) is 35.4 Å². The molecule has 1 aromatic carbocycles. The first-order valence-corrected chi connectivity index (χ1v) is 10.1. The van der Waals surface area contributed by atoms with Gasteiger partial charge < -0.3 is 9.47 Å². The van der Waals surface area contributed by atoms with E-state index in [1.165, 1.54) is 29.7 Å². The highest BCUT2D eigenvalue weighted by Crippen LogP contribution is 2.30. The first kappa shape index (κ1) is 19.2. The van der Waals surface area contributed by atoms with E-state index < -0.39 is 10.0 Å². The van der Waals surface area contributed by atoms with Crippen molar-refractivity contribution in [3.63, 3.8) is 0 Å². The number of nitrogens with zero attached hydrogens (tertiary/aromatic N) is 3. The maximum absolute atomic E-state index is 12.9. The first-order chi connectivity index (χ1) is 12.4. The van der Waals surface area contributed by atoms with E-state index in [0.717, 1.165) is 0 Å². The Bertz CT molecular complexity index is 895. The van der Waals surface area contributed by atoms with Gasteiger partial charge >= 0.3 is 6.01 Å². The second kappa shape index (κ2) is 7.96. The summed E-state index contributed by atoms with van der Waals surface area (Å²) in [6.07, 6.45) is 2.55. The predicted molar refractivity (Wildman–Crippen MR) is 97.5 cm³/mol. The fourth-order valence-electron chi connectivity index (χ4n) is 2.69. The van der Waals surface area contributed by atoms with Crippen molar-refractivity contribution in [1.29, 1.82) is 0 Å². The minimum absolute atomic E-state index is 0.00368. The average molecular weight is 418 g/mol. The molecule has 2 aromatic rings. The van der Waals surface area contributed by atoms with Gasteiger partial charge in [-0.1, -0.05) is 23.2 Å². The number of piperidine rings is 1. The Labute approximate surface area is 161 Å². The quantitative estimate of drug-likeness (QED) is 0.743. The van der Waals surface area contributed by atoms with Crippen LogP contribution < -0.4 is 9.47 Å². The minimum Gasteiger partial charge on any atom is -0.473 e. The molecular weight excluding hydrogens is 401 g/mol. The Morgan fingerprint density at radius 1 is 1.27 bits per heavy atom. The van der Waals surface area contributed by atoms with Crippen LogP contribution in [0.3, 0.4) is 0 Å². The fourth-order valence-corrected chi connectivity index (χ4v) is 4.94. The monoisotopic (exact) mass is 417 g/mol. The zero-order valence-electron chi connectivity index (χ0n) is 13.9. The topological polar surface area (TPSA) is 81.6 Å². The van der Waals surface area contributed by atoms with E-state index in [2.05, 4.69) is 9.97 Å². The van der Waals surface area contributed by atoms with Crippen LogP contribution in [0.4, 0.5) is 0 Å². The molecule has 140 valence electrons. The summed E-state index contributed by atoms with van der Waals surface area (Å²) in [5, 5.41) is 0.448. The molecule has 0 amide bonds. The van der Waals surface area contributed by atoms with Crippen molar-refractivity contribution in [2.45, 2.75) is 23.8 Å². The standard InChI is InChI=1S/C16H17Cl2N3O4S/c1-24-16-19-7-6-15(20-16)25-12-3-2-8-21(10-12)26(22,23)14-9-11(17)4-5-13(14)18/h4-7,9,12H,2-3,8,10H2,1H3. The summed E-state index contributed by atoms with van der Waals surface area (Å²) in [4.78, 5) is 8.01. The number of ether oxygens (including phenoxy) is 2. The zero-order valence-corrected chi connectivity index (χ0v) is 16.3. The lowest BCUT2D eigenvalue weighted by atomic mass is 10.1. The van der Waals surface area contributed by atoms with E-state index >= 15 is 0 Å². The molecule has 1 aliphatic rings. The molecule has 0 N–H and O–H groups in total. The summed E-state index contributed by atoms with van der Waals surface area (Å²) in [7, 11) is -2.31. The molecule has 0 radical (unpaired) electrons. The normalized spacial score (nSPS) is 18.5. The van der Waals surface area contributed by atoms with Crippen molar-refractivity contribution >= 4 is 33.2 Å². The van der Waals surface area contributed by atoms with Gasteiger partial charge in [-0.15, -0.1) is 0 Å². The van der Waals surface area contributed by atoms with Crippen LogP contribution in [0.2, 0.25) is 10.0 Å². The molecule has 1 aliphatic heterocycles. The number of benzene rings is 1. The Morgan fingerprint density at radius 2 is 2.08 bits per heavy atom. The number of aromatic nitrogens is 2. The molecule has 1 saturated heterocycles. The molecule has 0 aliphatic carbocycles. The summed E-state index contributed by atoms with van der Waals surface area (Å²) in [6.45, 7) is 0.579. The minimum atomic E-state index is -3.77. The van der Waals surface area contributed by atoms with Gasteiger partial charge in [-0.25, -0.2) is 13.4 Å². The molecule has 1 atom stereocenters. The third-order valence-corrected chi connectivity index (χ3v) is 6.51. The molecule has 0 bridgehead atoms. The highest BCUT2D eigenvalue weighted by molar-refractivity contribution is 7.89. The van der Waals surface area contributed by atoms with E-state index in [-0.39, 0.29) is 28.6 Å². The van der Waals surface area contributed by atoms with Gasteiger partial charge in [0.05, 0.1) is 18.7 Å². The lowest BCUT2D eigenvalue weighted by molar-refractivity contribution is 0.123. The summed E-state index contributed by atoms with van der Waals surface area (Å²) in [5.41, 5.74) is 0. The van der Waals surface area contributed by atoms with Gasteiger partial charge in [0.2, 0.25) is 15.9 Å². The highest BCUT2D eigenvalue weighted by Gasteiger charge is 2.32. The maximum atomic E-state index is 12.9. The van der Waals surface area contributed by atoms with Crippen molar-refractivity contribution in [1.82, 2.24) is 14.3 Å². The molecular formula is C16H17Cl2N3O4S. The third-order valence-electron chi connectivity index (χ3n) is 3.93. The van der Waals surface area contributed by atoms with E-state index in [9.17, 15) is 8.42 Å². The van der Waals surface area contributed by atoms with Crippen LogP contribution in [-0.4, -0.2) is 49.0 Å². The molecule has 1 fully saturated rings. The Kier molecular flexibility index (Phi) is 5.86. The molecule has 1 unspecified atom stereocenters. The van der Waals surface area contributed by atoms with Gasteiger partial charge in [-0.3, -0.25) is 0 Å². The van der Waals surface area contributed by atoms with Crippen molar-refractivity contribution in [2.75, 3.05) is 20.2 Å². The summed E-state index contributed by atoms with van der Waals surface area (Å²) >= 11 is 12.0. The Morgan fingerprint density at radius 3 is 2.85 bits per heavy atom. The lowest BCUT2D eigenvalue weighted by Gasteiger charge is -2.32. The fraction of sp³-hybridized carbons (Fsp3) is 0.375. The summed E-state index contributed by atoms with van der Waals surface area (Å²) in [5.74, 6) is 0.335. The van der Waals surface area contributed by atoms with Crippen LogP contribution in [0.25, 0.3) is 0 Å². The Balaban J connectivity index is 1.78. The van der Waals surface area contributed by atoms with Crippen molar-refractivity contribution in [2.24, 2.45) is 0 Å².